The molecule has 5 nitrogen and oxygen atoms in total. The molecule has 0 heterocycles. The third-order valence-corrected chi connectivity index (χ3v) is 4.04. The third-order valence-electron chi connectivity index (χ3n) is 3.70. The summed E-state index contributed by atoms with van der Waals surface area (Å²) in [6, 6.07) is 8.54. The molecule has 0 saturated carbocycles. The van der Waals surface area contributed by atoms with Crippen LogP contribution in [0.2, 0.25) is 5.02 Å². The predicted octanol–water partition coefficient (Wildman–Crippen LogP) is 3.16. The Kier molecular flexibility index (Phi) is 7.20. The number of carbonyl (C=O) groups is 2. The molecule has 0 aliphatic rings. The lowest BCUT2D eigenvalue weighted by Gasteiger charge is -2.15. The zero-order valence-corrected chi connectivity index (χ0v) is 15.0. The molecule has 27 heavy (non-hydrogen) atoms. The molecular weight excluding hydrogens is 383 g/mol. The number of anilines is 1. The molecule has 2 amide bonds. The van der Waals surface area contributed by atoms with Crippen LogP contribution in [0.15, 0.2) is 36.4 Å². The van der Waals surface area contributed by atoms with Crippen molar-refractivity contribution in [2.24, 2.45) is 0 Å². The maximum atomic E-state index is 13.5. The van der Waals surface area contributed by atoms with Gasteiger partial charge in [-0.25, -0.2) is 13.2 Å². The number of hydrogen-bond acceptors (Lipinski definition) is 3. The van der Waals surface area contributed by atoms with Crippen molar-refractivity contribution < 1.29 is 22.8 Å². The largest absolute Gasteiger partial charge is 0.346 e. The van der Waals surface area contributed by atoms with E-state index in [9.17, 15) is 22.8 Å². The number of rotatable bonds is 7. The van der Waals surface area contributed by atoms with Gasteiger partial charge in [0, 0.05) is 11.1 Å². The summed E-state index contributed by atoms with van der Waals surface area (Å²) in [6.45, 7) is 1.28. The van der Waals surface area contributed by atoms with Crippen LogP contribution < -0.4 is 16.0 Å². The first-order chi connectivity index (χ1) is 12.8. The van der Waals surface area contributed by atoms with E-state index in [4.69, 9.17) is 11.6 Å². The number of hydrogen-bond donors (Lipinski definition) is 3. The fraction of sp³-hybridized carbons (Fsp3) is 0.222. The van der Waals surface area contributed by atoms with E-state index in [-0.39, 0.29) is 12.6 Å². The Hall–Kier alpha value is -2.58. The minimum absolute atomic E-state index is 0.0841. The molecule has 0 aliphatic carbocycles. The maximum absolute atomic E-state index is 13.5. The fourth-order valence-corrected chi connectivity index (χ4v) is 2.54. The average Bonchev–Trinajstić information content (AvgIpc) is 2.65. The lowest BCUT2D eigenvalue weighted by molar-refractivity contribution is -0.123. The van der Waals surface area contributed by atoms with E-state index in [1.165, 1.54) is 0 Å². The van der Waals surface area contributed by atoms with Crippen LogP contribution in [0.1, 0.15) is 18.5 Å². The predicted molar refractivity (Wildman–Crippen MR) is 95.8 cm³/mol. The molecule has 9 heteroatoms. The number of halogens is 4. The number of amides is 2. The van der Waals surface area contributed by atoms with Crippen LogP contribution in [-0.4, -0.2) is 24.9 Å². The summed E-state index contributed by atoms with van der Waals surface area (Å²) in [5.41, 5.74) is 0.303. The molecule has 2 aromatic rings. The number of nitrogens with one attached hydrogen (secondary N) is 3. The first-order valence-corrected chi connectivity index (χ1v) is 8.35. The maximum Gasteiger partial charge on any atom is 0.243 e. The van der Waals surface area contributed by atoms with Crippen molar-refractivity contribution in [2.45, 2.75) is 13.0 Å². The molecule has 2 rings (SSSR count). The van der Waals surface area contributed by atoms with Crippen LogP contribution in [0.5, 0.6) is 0 Å². The summed E-state index contributed by atoms with van der Waals surface area (Å²) in [5, 5.41) is 7.91. The third kappa shape index (κ3) is 5.70. The zero-order chi connectivity index (χ0) is 20.0. The molecule has 2 aromatic carbocycles. The molecule has 0 unspecified atom stereocenters. The molecule has 1 atom stereocenters. The van der Waals surface area contributed by atoms with Crippen molar-refractivity contribution in [3.05, 3.63) is 64.4 Å². The summed E-state index contributed by atoms with van der Waals surface area (Å²) in [6.07, 6.45) is 0. The lowest BCUT2D eigenvalue weighted by atomic mass is 10.1. The second-order valence-corrected chi connectivity index (χ2v) is 6.08. The van der Waals surface area contributed by atoms with Gasteiger partial charge in [0.25, 0.3) is 0 Å². The first-order valence-electron chi connectivity index (χ1n) is 7.97. The monoisotopic (exact) mass is 399 g/mol. The molecular formula is C18H17ClF3N3O2. The highest BCUT2D eigenvalue weighted by Crippen LogP contribution is 2.22. The molecule has 0 spiro atoms. The highest BCUT2D eigenvalue weighted by molar-refractivity contribution is 6.31. The van der Waals surface area contributed by atoms with Crippen LogP contribution in [0.3, 0.4) is 0 Å². The van der Waals surface area contributed by atoms with Crippen molar-refractivity contribution in [2.75, 3.05) is 18.4 Å². The SMILES string of the molecule is C[C@H](NCC(=O)NCC(=O)Nc1ccc(F)c(F)c1F)c1ccccc1Cl. The van der Waals surface area contributed by atoms with Gasteiger partial charge >= 0.3 is 0 Å². The van der Waals surface area contributed by atoms with Gasteiger partial charge in [-0.05, 0) is 30.7 Å². The van der Waals surface area contributed by atoms with Gasteiger partial charge in [-0.2, -0.15) is 0 Å². The van der Waals surface area contributed by atoms with Gasteiger partial charge in [0.1, 0.15) is 0 Å². The Labute approximate surface area is 158 Å². The Morgan fingerprint density at radius 1 is 1.00 bits per heavy atom. The zero-order valence-electron chi connectivity index (χ0n) is 14.3. The fourth-order valence-electron chi connectivity index (χ4n) is 2.24. The van der Waals surface area contributed by atoms with Crippen LogP contribution in [-0.2, 0) is 9.59 Å². The molecule has 0 saturated heterocycles. The van der Waals surface area contributed by atoms with Gasteiger partial charge in [-0.15, -0.1) is 0 Å². The van der Waals surface area contributed by atoms with Crippen molar-refractivity contribution in [3.63, 3.8) is 0 Å². The van der Waals surface area contributed by atoms with Gasteiger partial charge < -0.3 is 16.0 Å². The van der Waals surface area contributed by atoms with E-state index >= 15 is 0 Å². The summed E-state index contributed by atoms with van der Waals surface area (Å²) in [7, 11) is 0. The van der Waals surface area contributed by atoms with E-state index < -0.39 is 41.5 Å². The standard InChI is InChI=1S/C18H17ClF3N3O2/c1-10(11-4-2-3-5-12(11)19)23-8-15(26)24-9-16(27)25-14-7-6-13(20)17(21)18(14)22/h2-7,10,23H,8-9H2,1H3,(H,24,26)(H,25,27)/t10-/m0/s1. The average molecular weight is 400 g/mol. The summed E-state index contributed by atoms with van der Waals surface area (Å²) >= 11 is 6.07. The van der Waals surface area contributed by atoms with Crippen LogP contribution >= 0.6 is 11.6 Å². The Bertz CT molecular complexity index is 849. The summed E-state index contributed by atoms with van der Waals surface area (Å²) in [4.78, 5) is 23.5. The van der Waals surface area contributed by atoms with E-state index in [1.54, 1.807) is 12.1 Å². The summed E-state index contributed by atoms with van der Waals surface area (Å²) in [5.74, 6) is -5.82. The van der Waals surface area contributed by atoms with Crippen molar-refractivity contribution >= 4 is 29.1 Å². The Morgan fingerprint density at radius 2 is 1.70 bits per heavy atom. The van der Waals surface area contributed by atoms with Crippen molar-refractivity contribution in [1.29, 1.82) is 0 Å². The second-order valence-electron chi connectivity index (χ2n) is 5.67. The van der Waals surface area contributed by atoms with Crippen LogP contribution in [0.4, 0.5) is 18.9 Å². The molecule has 0 bridgehead atoms. The molecule has 0 radical (unpaired) electrons. The highest BCUT2D eigenvalue weighted by Gasteiger charge is 2.16. The van der Waals surface area contributed by atoms with E-state index in [1.807, 2.05) is 19.1 Å². The molecule has 0 fully saturated rings. The number of carbonyl (C=O) groups excluding carboxylic acids is 2. The molecule has 3 N–H and O–H groups in total. The summed E-state index contributed by atoms with van der Waals surface area (Å²) < 4.78 is 39.4. The van der Waals surface area contributed by atoms with Gasteiger partial charge in [0.15, 0.2) is 17.5 Å². The molecule has 144 valence electrons. The molecule has 0 aliphatic heterocycles. The highest BCUT2D eigenvalue weighted by atomic mass is 35.5. The second kappa shape index (κ2) is 9.38. The van der Waals surface area contributed by atoms with Gasteiger partial charge in [-0.1, -0.05) is 29.8 Å². The quantitative estimate of drug-likeness (QED) is 0.626. The Morgan fingerprint density at radius 3 is 2.41 bits per heavy atom. The van der Waals surface area contributed by atoms with Crippen molar-refractivity contribution in [1.82, 2.24) is 10.6 Å². The molecule has 0 aromatic heterocycles. The van der Waals surface area contributed by atoms with Crippen LogP contribution in [0, 0.1) is 17.5 Å². The topological polar surface area (TPSA) is 70.2 Å². The number of benzene rings is 2. The minimum Gasteiger partial charge on any atom is -0.346 e. The first kappa shape index (κ1) is 20.7. The van der Waals surface area contributed by atoms with Gasteiger partial charge in [0.05, 0.1) is 18.8 Å². The van der Waals surface area contributed by atoms with Gasteiger partial charge in [0.2, 0.25) is 11.8 Å². The smallest absolute Gasteiger partial charge is 0.243 e. The van der Waals surface area contributed by atoms with E-state index in [0.717, 1.165) is 11.6 Å². The minimum atomic E-state index is -1.69. The van der Waals surface area contributed by atoms with Crippen LogP contribution in [0.25, 0.3) is 0 Å². The van der Waals surface area contributed by atoms with E-state index in [0.29, 0.717) is 11.1 Å². The van der Waals surface area contributed by atoms with E-state index in [2.05, 4.69) is 16.0 Å². The van der Waals surface area contributed by atoms with Crippen molar-refractivity contribution in [3.8, 4) is 0 Å². The lowest BCUT2D eigenvalue weighted by Crippen LogP contribution is -2.39. The Balaban J connectivity index is 1.79. The normalized spacial score (nSPS) is 11.7. The van der Waals surface area contributed by atoms with Gasteiger partial charge in [-0.3, -0.25) is 9.59 Å².